The lowest BCUT2D eigenvalue weighted by molar-refractivity contribution is 0.336. The van der Waals surface area contributed by atoms with Crippen LogP contribution in [0.1, 0.15) is 25.3 Å². The predicted octanol–water partition coefficient (Wildman–Crippen LogP) is 1.91. The molecule has 2 rings (SSSR count). The highest BCUT2D eigenvalue weighted by Crippen LogP contribution is 2.19. The lowest BCUT2D eigenvalue weighted by atomic mass is 10.2. The van der Waals surface area contributed by atoms with Crippen molar-refractivity contribution in [1.82, 2.24) is 10.6 Å². The summed E-state index contributed by atoms with van der Waals surface area (Å²) in [6.07, 6.45) is 2.49. The maximum atomic E-state index is 5.60. The monoisotopic (exact) mass is 247 g/mol. The molecule has 0 bridgehead atoms. The number of rotatable bonds is 5. The molecule has 4 nitrogen and oxygen atoms in total. The summed E-state index contributed by atoms with van der Waals surface area (Å²) in [4.78, 5) is 4.21. The van der Waals surface area contributed by atoms with Crippen LogP contribution >= 0.6 is 0 Å². The third kappa shape index (κ3) is 3.65. The van der Waals surface area contributed by atoms with Gasteiger partial charge in [0, 0.05) is 25.2 Å². The fraction of sp³-hybridized carbons (Fsp3) is 0.500. The molecule has 1 saturated carbocycles. The molecule has 2 N–H and O–H groups in total. The molecule has 0 heterocycles. The molecular weight excluding hydrogens is 226 g/mol. The second kappa shape index (κ2) is 6.28. The van der Waals surface area contributed by atoms with E-state index >= 15 is 0 Å². The Labute approximate surface area is 108 Å². The van der Waals surface area contributed by atoms with E-state index < -0.39 is 0 Å². The van der Waals surface area contributed by atoms with E-state index in [1.165, 1.54) is 12.8 Å². The van der Waals surface area contributed by atoms with Crippen molar-refractivity contribution >= 4 is 5.96 Å². The molecule has 1 aliphatic rings. The number of para-hydroxylation sites is 1. The van der Waals surface area contributed by atoms with Crippen LogP contribution in [0.4, 0.5) is 0 Å². The van der Waals surface area contributed by atoms with Gasteiger partial charge in [-0.1, -0.05) is 18.2 Å². The Bertz CT molecular complexity index is 413. The van der Waals surface area contributed by atoms with Crippen molar-refractivity contribution in [3.05, 3.63) is 29.8 Å². The molecule has 0 aromatic heterocycles. The van der Waals surface area contributed by atoms with E-state index in [1.54, 1.807) is 7.05 Å². The highest BCUT2D eigenvalue weighted by Gasteiger charge is 2.22. The quantitative estimate of drug-likeness (QED) is 0.617. The normalized spacial score (nSPS) is 15.3. The highest BCUT2D eigenvalue weighted by molar-refractivity contribution is 5.80. The van der Waals surface area contributed by atoms with Gasteiger partial charge < -0.3 is 15.4 Å². The summed E-state index contributed by atoms with van der Waals surface area (Å²) in [7, 11) is 1.80. The zero-order chi connectivity index (χ0) is 12.8. The van der Waals surface area contributed by atoms with Crippen LogP contribution in [0.2, 0.25) is 0 Å². The molecule has 0 atom stereocenters. The number of hydrogen-bond acceptors (Lipinski definition) is 2. The number of benzene rings is 1. The second-order valence-corrected chi connectivity index (χ2v) is 4.39. The summed E-state index contributed by atoms with van der Waals surface area (Å²) in [5.74, 6) is 1.80. The lowest BCUT2D eigenvalue weighted by Gasteiger charge is -2.13. The number of guanidine groups is 1. The third-order valence-electron chi connectivity index (χ3n) is 2.86. The first-order chi connectivity index (χ1) is 8.83. The van der Waals surface area contributed by atoms with Crippen molar-refractivity contribution in [1.29, 1.82) is 0 Å². The van der Waals surface area contributed by atoms with Gasteiger partial charge in [-0.2, -0.15) is 0 Å². The van der Waals surface area contributed by atoms with Gasteiger partial charge in [-0.25, -0.2) is 0 Å². The molecular formula is C14H21N3O. The molecule has 1 aliphatic carbocycles. The maximum Gasteiger partial charge on any atom is 0.191 e. The minimum Gasteiger partial charge on any atom is -0.494 e. The molecule has 0 amide bonds. The second-order valence-electron chi connectivity index (χ2n) is 4.39. The zero-order valence-corrected chi connectivity index (χ0v) is 11.1. The van der Waals surface area contributed by atoms with Gasteiger partial charge in [0.2, 0.25) is 0 Å². The van der Waals surface area contributed by atoms with Crippen LogP contribution in [-0.2, 0) is 6.54 Å². The van der Waals surface area contributed by atoms with E-state index in [0.717, 1.165) is 23.8 Å². The summed E-state index contributed by atoms with van der Waals surface area (Å²) in [6, 6.07) is 8.70. The molecule has 1 fully saturated rings. The molecule has 0 aliphatic heterocycles. The molecule has 0 unspecified atom stereocenters. The van der Waals surface area contributed by atoms with E-state index in [9.17, 15) is 0 Å². The molecule has 98 valence electrons. The van der Waals surface area contributed by atoms with E-state index in [-0.39, 0.29) is 0 Å². The predicted molar refractivity (Wildman–Crippen MR) is 74.0 cm³/mol. The Kier molecular flexibility index (Phi) is 4.45. The van der Waals surface area contributed by atoms with Crippen molar-refractivity contribution in [2.24, 2.45) is 4.99 Å². The zero-order valence-electron chi connectivity index (χ0n) is 11.1. The Morgan fingerprint density at radius 1 is 1.39 bits per heavy atom. The summed E-state index contributed by atoms with van der Waals surface area (Å²) < 4.78 is 5.60. The largest absolute Gasteiger partial charge is 0.494 e. The summed E-state index contributed by atoms with van der Waals surface area (Å²) >= 11 is 0. The van der Waals surface area contributed by atoms with Crippen molar-refractivity contribution in [2.45, 2.75) is 32.4 Å². The summed E-state index contributed by atoms with van der Waals surface area (Å²) in [5.41, 5.74) is 1.15. The van der Waals surface area contributed by atoms with Crippen LogP contribution in [0.5, 0.6) is 5.75 Å². The van der Waals surface area contributed by atoms with E-state index in [4.69, 9.17) is 4.74 Å². The molecule has 1 aromatic carbocycles. The Morgan fingerprint density at radius 2 is 2.17 bits per heavy atom. The van der Waals surface area contributed by atoms with E-state index in [0.29, 0.717) is 12.6 Å². The van der Waals surface area contributed by atoms with Crippen molar-refractivity contribution in [3.63, 3.8) is 0 Å². The summed E-state index contributed by atoms with van der Waals surface area (Å²) in [6.45, 7) is 3.41. The molecule has 4 heteroatoms. The standard InChI is InChI=1S/C14H21N3O/c1-3-18-13-7-5-4-6-11(13)10-16-14(15-2)17-12-8-9-12/h4-7,12H,3,8-10H2,1-2H3,(H2,15,16,17). The molecule has 1 aromatic rings. The van der Waals surface area contributed by atoms with Crippen LogP contribution in [0, 0.1) is 0 Å². The number of hydrogen-bond donors (Lipinski definition) is 2. The number of nitrogens with one attached hydrogen (secondary N) is 2. The number of ether oxygens (including phenoxy) is 1. The number of nitrogens with zero attached hydrogens (tertiary/aromatic N) is 1. The fourth-order valence-electron chi connectivity index (χ4n) is 1.74. The van der Waals surface area contributed by atoms with Gasteiger partial charge in [0.15, 0.2) is 5.96 Å². The average Bonchev–Trinajstić information content (AvgIpc) is 3.20. The lowest BCUT2D eigenvalue weighted by Crippen LogP contribution is -2.38. The van der Waals surface area contributed by atoms with Crippen molar-refractivity contribution < 1.29 is 4.74 Å². The highest BCUT2D eigenvalue weighted by atomic mass is 16.5. The van der Waals surface area contributed by atoms with Crippen molar-refractivity contribution in [2.75, 3.05) is 13.7 Å². The smallest absolute Gasteiger partial charge is 0.191 e. The maximum absolute atomic E-state index is 5.60. The van der Waals surface area contributed by atoms with Gasteiger partial charge in [0.25, 0.3) is 0 Å². The first-order valence-electron chi connectivity index (χ1n) is 6.51. The average molecular weight is 247 g/mol. The van der Waals surface area contributed by atoms with Gasteiger partial charge in [0.05, 0.1) is 6.61 Å². The van der Waals surface area contributed by atoms with Gasteiger partial charge in [-0.05, 0) is 25.8 Å². The first-order valence-corrected chi connectivity index (χ1v) is 6.51. The number of aliphatic imine (C=N–C) groups is 1. The van der Waals surface area contributed by atoms with Gasteiger partial charge in [0.1, 0.15) is 5.75 Å². The van der Waals surface area contributed by atoms with Gasteiger partial charge >= 0.3 is 0 Å². The Balaban J connectivity index is 1.91. The summed E-state index contributed by atoms with van der Waals surface area (Å²) in [5, 5.41) is 6.68. The van der Waals surface area contributed by atoms with E-state index in [1.807, 2.05) is 25.1 Å². The minimum atomic E-state index is 0.610. The minimum absolute atomic E-state index is 0.610. The first kappa shape index (κ1) is 12.7. The third-order valence-corrected chi connectivity index (χ3v) is 2.86. The SMILES string of the molecule is CCOc1ccccc1CNC(=NC)NC1CC1. The topological polar surface area (TPSA) is 45.6 Å². The molecule has 0 spiro atoms. The van der Waals surface area contributed by atoms with Gasteiger partial charge in [-0.15, -0.1) is 0 Å². The van der Waals surface area contributed by atoms with Crippen molar-refractivity contribution in [3.8, 4) is 5.75 Å². The van der Waals surface area contributed by atoms with Crippen LogP contribution < -0.4 is 15.4 Å². The van der Waals surface area contributed by atoms with E-state index in [2.05, 4.69) is 21.7 Å². The van der Waals surface area contributed by atoms with Crippen LogP contribution in [-0.4, -0.2) is 25.7 Å². The van der Waals surface area contributed by atoms with Gasteiger partial charge in [-0.3, -0.25) is 4.99 Å². The Hall–Kier alpha value is -1.71. The Morgan fingerprint density at radius 3 is 2.83 bits per heavy atom. The van der Waals surface area contributed by atoms with Crippen LogP contribution in [0.25, 0.3) is 0 Å². The van der Waals surface area contributed by atoms with Crippen LogP contribution in [0.3, 0.4) is 0 Å². The molecule has 0 saturated heterocycles. The molecule has 0 radical (unpaired) electrons. The fourth-order valence-corrected chi connectivity index (χ4v) is 1.74. The van der Waals surface area contributed by atoms with Crippen LogP contribution in [0.15, 0.2) is 29.3 Å². The molecule has 18 heavy (non-hydrogen) atoms.